The normalized spacial score (nSPS) is 15.5. The van der Waals surface area contributed by atoms with Gasteiger partial charge in [0, 0.05) is 17.2 Å². The SMILES string of the molecule is CCC(C)(C=O)Cc1csnn1. The van der Waals surface area contributed by atoms with Gasteiger partial charge in [0.1, 0.15) is 6.29 Å². The third-order valence-corrected chi connectivity index (χ3v) is 2.64. The predicted octanol–water partition coefficient (Wildman–Crippen LogP) is 1.70. The maximum absolute atomic E-state index is 10.7. The van der Waals surface area contributed by atoms with Crippen LogP contribution in [0.5, 0.6) is 0 Å². The van der Waals surface area contributed by atoms with Crippen LogP contribution in [0.2, 0.25) is 0 Å². The van der Waals surface area contributed by atoms with Crippen molar-refractivity contribution in [3.63, 3.8) is 0 Å². The van der Waals surface area contributed by atoms with E-state index in [2.05, 4.69) is 9.59 Å². The number of carbonyl (C=O) groups excluding carboxylic acids is 1. The summed E-state index contributed by atoms with van der Waals surface area (Å²) in [6, 6.07) is 0. The predicted molar refractivity (Wildman–Crippen MR) is 48.1 cm³/mol. The van der Waals surface area contributed by atoms with Gasteiger partial charge in [-0.05, 0) is 18.0 Å². The highest BCUT2D eigenvalue weighted by Gasteiger charge is 2.22. The van der Waals surface area contributed by atoms with Gasteiger partial charge in [0.25, 0.3) is 0 Å². The third kappa shape index (κ3) is 2.11. The molecule has 0 N–H and O–H groups in total. The Morgan fingerprint density at radius 3 is 2.92 bits per heavy atom. The first-order valence-electron chi connectivity index (χ1n) is 3.92. The van der Waals surface area contributed by atoms with Crippen LogP contribution in [-0.4, -0.2) is 15.9 Å². The minimum absolute atomic E-state index is 0.268. The van der Waals surface area contributed by atoms with Gasteiger partial charge >= 0.3 is 0 Å². The van der Waals surface area contributed by atoms with E-state index < -0.39 is 0 Å². The van der Waals surface area contributed by atoms with Crippen LogP contribution in [0, 0.1) is 5.41 Å². The topological polar surface area (TPSA) is 42.9 Å². The van der Waals surface area contributed by atoms with Crippen molar-refractivity contribution >= 4 is 17.8 Å². The number of hydrogen-bond acceptors (Lipinski definition) is 4. The van der Waals surface area contributed by atoms with Gasteiger partial charge in [-0.3, -0.25) is 0 Å². The second-order valence-electron chi connectivity index (χ2n) is 3.20. The molecule has 0 amide bonds. The Morgan fingerprint density at radius 2 is 2.50 bits per heavy atom. The van der Waals surface area contributed by atoms with Crippen molar-refractivity contribution in [1.82, 2.24) is 9.59 Å². The van der Waals surface area contributed by atoms with Crippen molar-refractivity contribution in [2.24, 2.45) is 5.41 Å². The molecule has 0 aliphatic heterocycles. The van der Waals surface area contributed by atoms with Crippen molar-refractivity contribution in [3.05, 3.63) is 11.1 Å². The van der Waals surface area contributed by atoms with Crippen molar-refractivity contribution in [2.75, 3.05) is 0 Å². The minimum atomic E-state index is -0.268. The molecular weight excluding hydrogens is 172 g/mol. The summed E-state index contributed by atoms with van der Waals surface area (Å²) in [6.45, 7) is 3.95. The molecule has 0 saturated carbocycles. The summed E-state index contributed by atoms with van der Waals surface area (Å²) >= 11 is 1.32. The van der Waals surface area contributed by atoms with Crippen molar-refractivity contribution in [2.45, 2.75) is 26.7 Å². The fourth-order valence-corrected chi connectivity index (χ4v) is 1.38. The lowest BCUT2D eigenvalue weighted by atomic mass is 9.85. The molecule has 12 heavy (non-hydrogen) atoms. The molecule has 0 fully saturated rings. The highest BCUT2D eigenvalue weighted by atomic mass is 32.1. The summed E-state index contributed by atoms with van der Waals surface area (Å²) in [5.41, 5.74) is 0.645. The Balaban J connectivity index is 2.66. The summed E-state index contributed by atoms with van der Waals surface area (Å²) in [6.07, 6.45) is 2.55. The van der Waals surface area contributed by atoms with Crippen molar-refractivity contribution in [3.8, 4) is 0 Å². The standard InChI is InChI=1S/C8H12N2OS/c1-3-8(2,6-11)4-7-5-12-10-9-7/h5-6H,3-4H2,1-2H3. The van der Waals surface area contributed by atoms with E-state index in [1.54, 1.807) is 0 Å². The van der Waals surface area contributed by atoms with Crippen LogP contribution in [0.25, 0.3) is 0 Å². The zero-order valence-electron chi connectivity index (χ0n) is 7.28. The summed E-state index contributed by atoms with van der Waals surface area (Å²) < 4.78 is 3.75. The van der Waals surface area contributed by atoms with E-state index >= 15 is 0 Å². The maximum Gasteiger partial charge on any atom is 0.126 e. The molecule has 3 nitrogen and oxygen atoms in total. The Hall–Kier alpha value is -0.770. The summed E-state index contributed by atoms with van der Waals surface area (Å²) in [5, 5.41) is 5.79. The highest BCUT2D eigenvalue weighted by molar-refractivity contribution is 7.03. The molecule has 1 rings (SSSR count). The second-order valence-corrected chi connectivity index (χ2v) is 3.81. The number of rotatable bonds is 4. The molecule has 0 radical (unpaired) electrons. The Bertz CT molecular complexity index is 248. The Kier molecular flexibility index (Phi) is 2.92. The molecule has 0 spiro atoms. The van der Waals surface area contributed by atoms with E-state index in [0.717, 1.165) is 18.4 Å². The average Bonchev–Trinajstić information content (AvgIpc) is 2.57. The first kappa shape index (κ1) is 9.32. The zero-order valence-corrected chi connectivity index (χ0v) is 8.10. The molecule has 0 saturated heterocycles. The number of hydrogen-bond donors (Lipinski definition) is 0. The van der Waals surface area contributed by atoms with Gasteiger partial charge in [0.15, 0.2) is 0 Å². The van der Waals surface area contributed by atoms with Crippen molar-refractivity contribution in [1.29, 1.82) is 0 Å². The fourth-order valence-electron chi connectivity index (χ4n) is 0.925. The van der Waals surface area contributed by atoms with Gasteiger partial charge in [-0.15, -0.1) is 5.10 Å². The fraction of sp³-hybridized carbons (Fsp3) is 0.625. The average molecular weight is 184 g/mol. The second kappa shape index (κ2) is 3.76. The molecule has 1 heterocycles. The molecule has 0 aliphatic rings. The number of carbonyl (C=O) groups is 1. The van der Waals surface area contributed by atoms with Crippen LogP contribution in [0.3, 0.4) is 0 Å². The van der Waals surface area contributed by atoms with Crippen LogP contribution in [0.15, 0.2) is 5.38 Å². The maximum atomic E-state index is 10.7. The molecule has 0 aliphatic carbocycles. The molecule has 1 aromatic rings. The molecular formula is C8H12N2OS. The van der Waals surface area contributed by atoms with Crippen LogP contribution >= 0.6 is 11.5 Å². The lowest BCUT2D eigenvalue weighted by Gasteiger charge is -2.18. The smallest absolute Gasteiger partial charge is 0.126 e. The highest BCUT2D eigenvalue weighted by Crippen LogP contribution is 2.22. The van der Waals surface area contributed by atoms with Crippen LogP contribution in [0.1, 0.15) is 26.0 Å². The Labute approximate surface area is 76.0 Å². The molecule has 1 aromatic heterocycles. The first-order chi connectivity index (χ1) is 5.70. The number of nitrogens with zero attached hydrogens (tertiary/aromatic N) is 2. The number of aldehydes is 1. The third-order valence-electron chi connectivity index (χ3n) is 2.08. The minimum Gasteiger partial charge on any atom is -0.303 e. The summed E-state index contributed by atoms with van der Waals surface area (Å²) in [7, 11) is 0. The summed E-state index contributed by atoms with van der Waals surface area (Å²) in [5.74, 6) is 0. The van der Waals surface area contributed by atoms with Crippen molar-refractivity contribution < 1.29 is 4.79 Å². The molecule has 1 atom stereocenters. The summed E-state index contributed by atoms with van der Waals surface area (Å²) in [4.78, 5) is 10.7. The van der Waals surface area contributed by atoms with Crippen LogP contribution in [-0.2, 0) is 11.2 Å². The van der Waals surface area contributed by atoms with E-state index in [9.17, 15) is 4.79 Å². The van der Waals surface area contributed by atoms with Gasteiger partial charge < -0.3 is 4.79 Å². The van der Waals surface area contributed by atoms with Gasteiger partial charge in [-0.1, -0.05) is 18.3 Å². The molecule has 66 valence electrons. The molecule has 0 bridgehead atoms. The van der Waals surface area contributed by atoms with E-state index in [1.807, 2.05) is 19.2 Å². The van der Waals surface area contributed by atoms with E-state index in [4.69, 9.17) is 0 Å². The lowest BCUT2D eigenvalue weighted by molar-refractivity contribution is -0.115. The van der Waals surface area contributed by atoms with E-state index in [1.165, 1.54) is 11.5 Å². The molecule has 1 unspecified atom stereocenters. The van der Waals surface area contributed by atoms with Gasteiger partial charge in [-0.2, -0.15) is 0 Å². The molecule has 4 heteroatoms. The number of aromatic nitrogens is 2. The van der Waals surface area contributed by atoms with E-state index in [0.29, 0.717) is 6.42 Å². The van der Waals surface area contributed by atoms with Gasteiger partial charge in [0.2, 0.25) is 0 Å². The Morgan fingerprint density at radius 1 is 1.75 bits per heavy atom. The van der Waals surface area contributed by atoms with Gasteiger partial charge in [0.05, 0.1) is 5.69 Å². The van der Waals surface area contributed by atoms with E-state index in [-0.39, 0.29) is 5.41 Å². The molecule has 0 aromatic carbocycles. The van der Waals surface area contributed by atoms with Crippen LogP contribution in [0.4, 0.5) is 0 Å². The zero-order chi connectivity index (χ0) is 9.03. The quantitative estimate of drug-likeness (QED) is 0.669. The largest absolute Gasteiger partial charge is 0.303 e. The van der Waals surface area contributed by atoms with Gasteiger partial charge in [-0.25, -0.2) is 0 Å². The monoisotopic (exact) mass is 184 g/mol. The lowest BCUT2D eigenvalue weighted by Crippen LogP contribution is -2.20. The first-order valence-corrected chi connectivity index (χ1v) is 4.76. The van der Waals surface area contributed by atoms with Crippen LogP contribution < -0.4 is 0 Å².